The largest absolute Gasteiger partial charge is 0.462 e. The van der Waals surface area contributed by atoms with Gasteiger partial charge in [-0.05, 0) is 32.4 Å². The van der Waals surface area contributed by atoms with Crippen molar-refractivity contribution in [3.8, 4) is 0 Å². The van der Waals surface area contributed by atoms with Crippen LogP contribution in [0.15, 0.2) is 11.6 Å². The van der Waals surface area contributed by atoms with Crippen molar-refractivity contribution in [3.05, 3.63) is 11.6 Å². The third-order valence-electron chi connectivity index (χ3n) is 9.22. The zero-order chi connectivity index (χ0) is 30.9. The zero-order valence-electron chi connectivity index (χ0n) is 24.4. The molecule has 41 heavy (non-hydrogen) atoms. The summed E-state index contributed by atoms with van der Waals surface area (Å²) >= 11 is 0. The molecule has 2 N–H and O–H groups in total. The lowest BCUT2D eigenvalue weighted by atomic mass is 9.51. The quantitative estimate of drug-likeness (QED) is 0.204. The summed E-state index contributed by atoms with van der Waals surface area (Å²) < 4.78 is 34.8. The average Bonchev–Trinajstić information content (AvgIpc) is 3.40. The Hall–Kier alpha value is -3.03. The van der Waals surface area contributed by atoms with E-state index in [1.54, 1.807) is 13.8 Å². The Morgan fingerprint density at radius 3 is 1.88 bits per heavy atom. The molecule has 4 aliphatic rings. The minimum atomic E-state index is -2.09. The van der Waals surface area contributed by atoms with Crippen LogP contribution in [0.3, 0.4) is 0 Å². The van der Waals surface area contributed by atoms with Gasteiger partial charge in [0.05, 0.1) is 17.1 Å². The number of carbonyl (C=O) groups is 5. The Morgan fingerprint density at radius 1 is 0.878 bits per heavy atom. The molecule has 2 saturated heterocycles. The summed E-state index contributed by atoms with van der Waals surface area (Å²) in [5.74, 6) is -5.02. The summed E-state index contributed by atoms with van der Waals surface area (Å²) in [7, 11) is 0. The average molecular weight is 583 g/mol. The lowest BCUT2D eigenvalue weighted by Gasteiger charge is -2.59. The van der Waals surface area contributed by atoms with Crippen LogP contribution in [0.2, 0.25) is 0 Å². The van der Waals surface area contributed by atoms with E-state index in [4.69, 9.17) is 28.4 Å². The Bertz CT molecular complexity index is 1190. The molecule has 3 fully saturated rings. The van der Waals surface area contributed by atoms with Crippen LogP contribution in [0.5, 0.6) is 0 Å². The molecule has 11 atom stereocenters. The van der Waals surface area contributed by atoms with Crippen LogP contribution in [-0.4, -0.2) is 93.5 Å². The molecule has 0 aromatic heterocycles. The molecule has 0 bridgehead atoms. The highest BCUT2D eigenvalue weighted by molar-refractivity contribution is 5.89. The lowest BCUT2D eigenvalue weighted by Crippen LogP contribution is -2.72. The Morgan fingerprint density at radius 2 is 1.39 bits per heavy atom. The third kappa shape index (κ3) is 4.71. The van der Waals surface area contributed by atoms with Crippen LogP contribution < -0.4 is 0 Å². The molecule has 2 aliphatic carbocycles. The maximum absolute atomic E-state index is 13.1. The molecule has 1 spiro atoms. The third-order valence-corrected chi connectivity index (χ3v) is 9.22. The van der Waals surface area contributed by atoms with Crippen LogP contribution in [-0.2, 0) is 52.4 Å². The standard InChI is InChI=1S/C28H38O13/c1-12-9-21-28(27(8,41-28)24(34)40-21)23(39-16(5)32)22-25(6,19(37-14(3)30)10-17(12)36-13(2)29)20(38-15(4)31)11-18(33)26(22,7)35/h9,17-23,33,35H,10-11H2,1-8H3/b12-9-/t17-,18+,19+,20?,21?,22?,23+,25+,26?,27?,28?/m1/s1. The van der Waals surface area contributed by atoms with Gasteiger partial charge in [-0.1, -0.05) is 6.92 Å². The van der Waals surface area contributed by atoms with Gasteiger partial charge in [0, 0.05) is 46.5 Å². The fourth-order valence-electron chi connectivity index (χ4n) is 7.23. The molecular formula is C28H38O13. The summed E-state index contributed by atoms with van der Waals surface area (Å²) in [6.07, 6.45) is -6.57. The van der Waals surface area contributed by atoms with Gasteiger partial charge < -0.3 is 38.6 Å². The normalized spacial score (nSPS) is 46.2. The van der Waals surface area contributed by atoms with Crippen molar-refractivity contribution in [2.45, 2.75) is 122 Å². The van der Waals surface area contributed by atoms with Gasteiger partial charge in [0.2, 0.25) is 0 Å². The van der Waals surface area contributed by atoms with Crippen molar-refractivity contribution in [1.29, 1.82) is 0 Å². The number of fused-ring (bicyclic) bond motifs is 1. The number of carbonyl (C=O) groups excluding carboxylic acids is 5. The van der Waals surface area contributed by atoms with Crippen LogP contribution >= 0.6 is 0 Å². The van der Waals surface area contributed by atoms with Crippen molar-refractivity contribution in [1.82, 2.24) is 0 Å². The number of hydrogen-bond donors (Lipinski definition) is 2. The molecule has 228 valence electrons. The molecule has 0 aromatic carbocycles. The predicted molar refractivity (Wildman–Crippen MR) is 136 cm³/mol. The SMILES string of the molecule is CC(=O)OC1C[C@H](O)C(C)(O)C2[C@H](OC(C)=O)C34OC3(C)C(=O)OC4/C=C(/C)[C@H](OC(C)=O)C[C@H](OC(C)=O)[C@@]12C. The summed E-state index contributed by atoms with van der Waals surface area (Å²) in [5.41, 5.74) is -6.61. The summed E-state index contributed by atoms with van der Waals surface area (Å²) in [6.45, 7) is 10.7. The fraction of sp³-hybridized carbons (Fsp3) is 0.750. The van der Waals surface area contributed by atoms with E-state index in [9.17, 15) is 34.2 Å². The van der Waals surface area contributed by atoms with Crippen LogP contribution in [0.25, 0.3) is 0 Å². The van der Waals surface area contributed by atoms with E-state index in [0.29, 0.717) is 5.57 Å². The Kier molecular flexibility index (Phi) is 7.58. The number of aliphatic hydroxyl groups is 2. The highest BCUT2D eigenvalue weighted by Gasteiger charge is 2.88. The van der Waals surface area contributed by atoms with Gasteiger partial charge >= 0.3 is 29.8 Å². The molecule has 0 radical (unpaired) electrons. The van der Waals surface area contributed by atoms with Crippen LogP contribution in [0, 0.1) is 11.3 Å². The van der Waals surface area contributed by atoms with Crippen LogP contribution in [0.4, 0.5) is 0 Å². The Labute approximate surface area is 237 Å². The van der Waals surface area contributed by atoms with E-state index >= 15 is 0 Å². The molecule has 0 aromatic rings. The molecule has 13 nitrogen and oxygen atoms in total. The second kappa shape index (κ2) is 10.1. The van der Waals surface area contributed by atoms with Crippen molar-refractivity contribution in [2.24, 2.45) is 11.3 Å². The lowest BCUT2D eigenvalue weighted by molar-refractivity contribution is -0.275. The smallest absolute Gasteiger partial charge is 0.342 e. The monoisotopic (exact) mass is 582 g/mol. The van der Waals surface area contributed by atoms with E-state index in [-0.39, 0.29) is 12.8 Å². The molecule has 6 unspecified atom stereocenters. The highest BCUT2D eigenvalue weighted by Crippen LogP contribution is 2.66. The van der Waals surface area contributed by atoms with Crippen molar-refractivity contribution < 1.29 is 62.6 Å². The maximum Gasteiger partial charge on any atom is 0.342 e. The van der Waals surface area contributed by atoms with Crippen molar-refractivity contribution >= 4 is 29.8 Å². The summed E-state index contributed by atoms with van der Waals surface area (Å²) in [4.78, 5) is 62.8. The first-order valence-corrected chi connectivity index (χ1v) is 13.5. The molecule has 1 saturated carbocycles. The van der Waals surface area contributed by atoms with E-state index in [1.165, 1.54) is 33.8 Å². The number of epoxide rings is 1. The number of ether oxygens (including phenoxy) is 6. The minimum Gasteiger partial charge on any atom is -0.462 e. The van der Waals surface area contributed by atoms with E-state index in [0.717, 1.165) is 13.8 Å². The molecule has 13 heteroatoms. The molecule has 0 amide bonds. The zero-order valence-corrected chi connectivity index (χ0v) is 24.4. The van der Waals surface area contributed by atoms with Gasteiger partial charge in [-0.25, -0.2) is 4.79 Å². The molecule has 2 aliphatic heterocycles. The molecular weight excluding hydrogens is 544 g/mol. The van der Waals surface area contributed by atoms with Gasteiger partial charge in [0.25, 0.3) is 0 Å². The fourth-order valence-corrected chi connectivity index (χ4v) is 7.23. The van der Waals surface area contributed by atoms with Gasteiger partial charge in [-0.15, -0.1) is 0 Å². The summed E-state index contributed by atoms with van der Waals surface area (Å²) in [6, 6.07) is 0. The number of aliphatic hydroxyl groups excluding tert-OH is 1. The van der Waals surface area contributed by atoms with Gasteiger partial charge in [0.1, 0.15) is 24.4 Å². The second-order valence-corrected chi connectivity index (χ2v) is 12.0. The van der Waals surface area contributed by atoms with Crippen LogP contribution in [0.1, 0.15) is 68.2 Å². The Balaban J connectivity index is 2.09. The molecule has 4 rings (SSSR count). The number of esters is 5. The molecule has 2 heterocycles. The minimum absolute atomic E-state index is 0.170. The van der Waals surface area contributed by atoms with Crippen molar-refractivity contribution in [3.63, 3.8) is 0 Å². The topological polar surface area (TPSA) is 184 Å². The predicted octanol–water partition coefficient (Wildman–Crippen LogP) is 0.654. The van der Waals surface area contributed by atoms with E-state index < -0.39 is 94.6 Å². The van der Waals surface area contributed by atoms with E-state index in [2.05, 4.69) is 0 Å². The first kappa shape index (κ1) is 30.9. The van der Waals surface area contributed by atoms with Crippen molar-refractivity contribution in [2.75, 3.05) is 0 Å². The van der Waals surface area contributed by atoms with Gasteiger partial charge in [-0.2, -0.15) is 0 Å². The highest BCUT2D eigenvalue weighted by atomic mass is 16.7. The maximum atomic E-state index is 13.1. The van der Waals surface area contributed by atoms with Gasteiger partial charge in [-0.3, -0.25) is 19.2 Å². The van der Waals surface area contributed by atoms with Gasteiger partial charge in [0.15, 0.2) is 17.3 Å². The second-order valence-electron chi connectivity index (χ2n) is 12.0. The first-order valence-electron chi connectivity index (χ1n) is 13.5. The number of hydrogen-bond acceptors (Lipinski definition) is 13. The summed E-state index contributed by atoms with van der Waals surface area (Å²) in [5, 5.41) is 23.3. The first-order chi connectivity index (χ1) is 18.8. The number of rotatable bonds is 4. The van der Waals surface area contributed by atoms with E-state index in [1.807, 2.05) is 0 Å².